The van der Waals surface area contributed by atoms with Crippen molar-refractivity contribution in [3.63, 3.8) is 0 Å². The van der Waals surface area contributed by atoms with Crippen LogP contribution in [0.4, 0.5) is 11.1 Å². The number of anilines is 2. The summed E-state index contributed by atoms with van der Waals surface area (Å²) in [6.07, 6.45) is 5.62. The van der Waals surface area contributed by atoms with Gasteiger partial charge in [-0.2, -0.15) is 0 Å². The van der Waals surface area contributed by atoms with Gasteiger partial charge in [0.05, 0.1) is 15.1 Å². The number of nitrogens with zero attached hydrogens (tertiary/aromatic N) is 3. The van der Waals surface area contributed by atoms with Gasteiger partial charge in [0.1, 0.15) is 11.0 Å². The van der Waals surface area contributed by atoms with Crippen molar-refractivity contribution in [2.24, 2.45) is 11.1 Å². The lowest BCUT2D eigenvalue weighted by Crippen LogP contribution is -2.20. The number of rotatable bonds is 8. The molecule has 0 spiro atoms. The molecule has 3 rings (SSSR count). The first-order chi connectivity index (χ1) is 13.5. The molecule has 0 aliphatic heterocycles. The summed E-state index contributed by atoms with van der Waals surface area (Å²) >= 11 is 3.15. The van der Waals surface area contributed by atoms with Gasteiger partial charge in [0.15, 0.2) is 5.13 Å². The van der Waals surface area contributed by atoms with Crippen LogP contribution in [0.5, 0.6) is 0 Å². The van der Waals surface area contributed by atoms with E-state index in [1.165, 1.54) is 11.3 Å². The number of benzene rings is 1. The van der Waals surface area contributed by atoms with Crippen molar-refractivity contribution in [2.75, 3.05) is 30.0 Å². The van der Waals surface area contributed by atoms with Gasteiger partial charge in [0.25, 0.3) is 0 Å². The summed E-state index contributed by atoms with van der Waals surface area (Å²) in [6, 6.07) is 5.42. The third-order valence-corrected chi connectivity index (χ3v) is 6.04. The van der Waals surface area contributed by atoms with Crippen LogP contribution in [0, 0.1) is 5.92 Å². The average Bonchev–Trinajstić information content (AvgIpc) is 3.14. The normalized spacial score (nSPS) is 12.8. The van der Waals surface area contributed by atoms with Gasteiger partial charge in [-0.15, -0.1) is 11.8 Å². The number of thioether (sulfide) groups is 1. The molecule has 0 radical (unpaired) electrons. The minimum Gasteiger partial charge on any atom is -0.361 e. The number of nitrogens with one attached hydrogen (secondary N) is 2. The molecule has 1 unspecified atom stereocenters. The second kappa shape index (κ2) is 11.3. The highest BCUT2D eigenvalue weighted by molar-refractivity contribution is 7.98. The Morgan fingerprint density at radius 1 is 1.21 bits per heavy atom. The van der Waals surface area contributed by atoms with Gasteiger partial charge in [0, 0.05) is 30.4 Å². The summed E-state index contributed by atoms with van der Waals surface area (Å²) in [6.45, 7) is 7.66. The number of hydrogen-bond acceptors (Lipinski definition) is 8. The van der Waals surface area contributed by atoms with Crippen LogP contribution in [-0.2, 0) is 11.0 Å². The molecule has 0 fully saturated rings. The van der Waals surface area contributed by atoms with E-state index in [1.807, 2.05) is 44.6 Å². The number of fused-ring (bicyclic) bond motifs is 1. The highest BCUT2D eigenvalue weighted by Gasteiger charge is 2.08. The molecule has 28 heavy (non-hydrogen) atoms. The Bertz CT molecular complexity index is 900. The van der Waals surface area contributed by atoms with Crippen LogP contribution in [0.25, 0.3) is 10.2 Å². The van der Waals surface area contributed by atoms with Crippen LogP contribution in [0.3, 0.4) is 0 Å². The van der Waals surface area contributed by atoms with Crippen molar-refractivity contribution in [1.29, 1.82) is 0 Å². The van der Waals surface area contributed by atoms with Gasteiger partial charge in [-0.05, 0) is 30.4 Å². The molecule has 3 aromatic rings. The fraction of sp³-hybridized carbons (Fsp3) is 0.389. The zero-order valence-corrected chi connectivity index (χ0v) is 18.9. The number of aromatic nitrogens is 3. The van der Waals surface area contributed by atoms with Crippen LogP contribution in [0.1, 0.15) is 20.8 Å². The molecular formula is C18H26N6OS3. The van der Waals surface area contributed by atoms with Crippen LogP contribution in [-0.4, -0.2) is 38.5 Å². The highest BCUT2D eigenvalue weighted by atomic mass is 32.2. The summed E-state index contributed by atoms with van der Waals surface area (Å²) in [5, 5.41) is 12.9. The van der Waals surface area contributed by atoms with Gasteiger partial charge < -0.3 is 10.6 Å². The lowest BCUT2D eigenvalue weighted by molar-refractivity contribution is 0.645. The molecule has 0 aliphatic rings. The molecule has 7 nitrogen and oxygen atoms in total. The van der Waals surface area contributed by atoms with E-state index in [2.05, 4.69) is 32.5 Å². The minimum absolute atomic E-state index is 0.359. The standard InChI is InChI=1S/C16H20N6OS3.C2H6/c1-10(6-18-15-19-8-11(24-2)9-20-15)7-21-16-22-13-4-3-12(26(17)23)5-14(13)25-16;1-2/h3-5,8-10H,6-7,17H2,1-2H3,(H,21,22)(H,18,19,20);1-2H3/t10-,26?;/m0./s1. The summed E-state index contributed by atoms with van der Waals surface area (Å²) in [7, 11) is -1.47. The van der Waals surface area contributed by atoms with Crippen LogP contribution < -0.4 is 15.8 Å². The SMILES string of the molecule is CC.CSc1cnc(NC[C@H](C)CNc2nc3ccc(S(N)=O)cc3s2)nc1. The highest BCUT2D eigenvalue weighted by Crippen LogP contribution is 2.27. The number of nitrogens with two attached hydrogens (primary N) is 1. The Balaban J connectivity index is 0.00000136. The number of thiazole rings is 1. The van der Waals surface area contributed by atoms with Crippen molar-refractivity contribution in [3.8, 4) is 0 Å². The first-order valence-corrected chi connectivity index (χ1v) is 12.2. The van der Waals surface area contributed by atoms with Crippen molar-refractivity contribution in [1.82, 2.24) is 15.0 Å². The molecule has 4 N–H and O–H groups in total. The van der Waals surface area contributed by atoms with Crippen molar-refractivity contribution < 1.29 is 4.21 Å². The van der Waals surface area contributed by atoms with E-state index in [0.29, 0.717) is 16.8 Å². The molecular weight excluding hydrogens is 412 g/mol. The van der Waals surface area contributed by atoms with E-state index in [0.717, 1.165) is 33.3 Å². The average molecular weight is 439 g/mol. The first kappa shape index (κ1) is 22.5. The molecule has 2 heterocycles. The van der Waals surface area contributed by atoms with E-state index in [-0.39, 0.29) is 0 Å². The lowest BCUT2D eigenvalue weighted by Gasteiger charge is -2.13. The topological polar surface area (TPSA) is 106 Å². The predicted octanol–water partition coefficient (Wildman–Crippen LogP) is 3.98. The lowest BCUT2D eigenvalue weighted by atomic mass is 10.2. The summed E-state index contributed by atoms with van der Waals surface area (Å²) in [5.41, 5.74) is 0.875. The van der Waals surface area contributed by atoms with E-state index in [1.54, 1.807) is 17.8 Å². The van der Waals surface area contributed by atoms with Crippen LogP contribution >= 0.6 is 23.1 Å². The summed E-state index contributed by atoms with van der Waals surface area (Å²) in [5.74, 6) is 0.995. The molecule has 10 heteroatoms. The first-order valence-electron chi connectivity index (χ1n) is 8.95. The quantitative estimate of drug-likeness (QED) is 0.457. The molecule has 0 bridgehead atoms. The fourth-order valence-corrected chi connectivity index (χ4v) is 3.96. The molecule has 0 saturated heterocycles. The third-order valence-electron chi connectivity index (χ3n) is 3.67. The largest absolute Gasteiger partial charge is 0.361 e. The summed E-state index contributed by atoms with van der Waals surface area (Å²) < 4.78 is 12.3. The van der Waals surface area contributed by atoms with E-state index >= 15 is 0 Å². The smallest absolute Gasteiger partial charge is 0.222 e. The monoisotopic (exact) mass is 438 g/mol. The Morgan fingerprint density at radius 2 is 1.89 bits per heavy atom. The summed E-state index contributed by atoms with van der Waals surface area (Å²) in [4.78, 5) is 14.8. The van der Waals surface area contributed by atoms with Gasteiger partial charge in [0.2, 0.25) is 5.95 Å². The zero-order valence-electron chi connectivity index (χ0n) is 16.4. The molecule has 2 aromatic heterocycles. The Kier molecular flexibility index (Phi) is 9.10. The van der Waals surface area contributed by atoms with Crippen molar-refractivity contribution >= 4 is 55.4 Å². The van der Waals surface area contributed by atoms with E-state index in [9.17, 15) is 4.21 Å². The molecule has 0 saturated carbocycles. The maximum absolute atomic E-state index is 11.4. The van der Waals surface area contributed by atoms with Crippen molar-refractivity contribution in [2.45, 2.75) is 30.6 Å². The van der Waals surface area contributed by atoms with E-state index in [4.69, 9.17) is 5.14 Å². The zero-order chi connectivity index (χ0) is 20.5. The Morgan fingerprint density at radius 3 is 2.54 bits per heavy atom. The number of hydrogen-bond donors (Lipinski definition) is 3. The molecule has 152 valence electrons. The van der Waals surface area contributed by atoms with Crippen LogP contribution in [0.15, 0.2) is 40.4 Å². The second-order valence-corrected chi connectivity index (χ2v) is 8.74. The van der Waals surface area contributed by atoms with Crippen LogP contribution in [0.2, 0.25) is 0 Å². The Labute approximate surface area is 176 Å². The third kappa shape index (κ3) is 6.40. The van der Waals surface area contributed by atoms with Gasteiger partial charge in [-0.25, -0.2) is 24.3 Å². The minimum atomic E-state index is -1.47. The maximum atomic E-state index is 11.4. The predicted molar refractivity (Wildman–Crippen MR) is 122 cm³/mol. The molecule has 1 aromatic carbocycles. The Hall–Kier alpha value is -1.75. The van der Waals surface area contributed by atoms with Gasteiger partial charge in [-0.3, -0.25) is 0 Å². The van der Waals surface area contributed by atoms with Crippen molar-refractivity contribution in [3.05, 3.63) is 30.6 Å². The molecule has 2 atom stereocenters. The van der Waals surface area contributed by atoms with Gasteiger partial charge >= 0.3 is 0 Å². The molecule has 0 aliphatic carbocycles. The fourth-order valence-electron chi connectivity index (χ4n) is 2.22. The van der Waals surface area contributed by atoms with Gasteiger partial charge in [-0.1, -0.05) is 32.1 Å². The maximum Gasteiger partial charge on any atom is 0.222 e. The second-order valence-electron chi connectivity index (χ2n) is 5.76. The molecule has 0 amide bonds. The van der Waals surface area contributed by atoms with E-state index < -0.39 is 11.0 Å².